The molecule has 5 nitrogen and oxygen atoms in total. The molecule has 1 amide bonds. The molecule has 2 aromatic rings. The molecule has 0 N–H and O–H groups in total. The number of halogens is 1. The third-order valence-corrected chi connectivity index (χ3v) is 4.63. The van der Waals surface area contributed by atoms with Crippen LogP contribution < -0.4 is 4.74 Å². The van der Waals surface area contributed by atoms with Gasteiger partial charge in [0.1, 0.15) is 17.7 Å². The second kappa shape index (κ2) is 8.77. The molecule has 0 aliphatic carbocycles. The average Bonchev–Trinajstić information content (AvgIpc) is 2.72. The Morgan fingerprint density at radius 3 is 2.78 bits per heavy atom. The SMILES string of the molecule is COc1cccc(C(=O)CCC(=O)N2CCOC(c3ccccc3F)C2)c1. The molecular formula is C21H22FNO4. The van der Waals surface area contributed by atoms with Gasteiger partial charge < -0.3 is 14.4 Å². The van der Waals surface area contributed by atoms with Crippen LogP contribution >= 0.6 is 0 Å². The Hall–Kier alpha value is -2.73. The molecule has 1 aliphatic rings. The van der Waals surface area contributed by atoms with E-state index in [1.54, 1.807) is 47.4 Å². The number of hydrogen-bond acceptors (Lipinski definition) is 4. The molecule has 3 rings (SSSR count). The van der Waals surface area contributed by atoms with Gasteiger partial charge in [0.15, 0.2) is 5.78 Å². The van der Waals surface area contributed by atoms with Gasteiger partial charge in [-0.3, -0.25) is 9.59 Å². The second-order valence-electron chi connectivity index (χ2n) is 6.38. The second-order valence-corrected chi connectivity index (χ2v) is 6.38. The summed E-state index contributed by atoms with van der Waals surface area (Å²) >= 11 is 0. The van der Waals surface area contributed by atoms with Crippen LogP contribution in [0.1, 0.15) is 34.9 Å². The number of methoxy groups -OCH3 is 1. The molecule has 0 bridgehead atoms. The van der Waals surface area contributed by atoms with E-state index in [0.717, 1.165) is 0 Å². The number of morpholine rings is 1. The van der Waals surface area contributed by atoms with Crippen LogP contribution in [0.3, 0.4) is 0 Å². The van der Waals surface area contributed by atoms with Crippen molar-refractivity contribution in [2.24, 2.45) is 0 Å². The Morgan fingerprint density at radius 2 is 2.00 bits per heavy atom. The quantitative estimate of drug-likeness (QED) is 0.731. The van der Waals surface area contributed by atoms with Crippen LogP contribution in [0.4, 0.5) is 4.39 Å². The van der Waals surface area contributed by atoms with Crippen molar-refractivity contribution in [3.05, 3.63) is 65.5 Å². The maximum atomic E-state index is 14.0. The number of amides is 1. The van der Waals surface area contributed by atoms with Crippen molar-refractivity contribution in [1.29, 1.82) is 0 Å². The van der Waals surface area contributed by atoms with E-state index >= 15 is 0 Å². The van der Waals surface area contributed by atoms with Crippen molar-refractivity contribution >= 4 is 11.7 Å². The maximum absolute atomic E-state index is 14.0. The van der Waals surface area contributed by atoms with Gasteiger partial charge in [-0.1, -0.05) is 30.3 Å². The average molecular weight is 371 g/mol. The lowest BCUT2D eigenvalue weighted by Gasteiger charge is -2.33. The zero-order valence-corrected chi connectivity index (χ0v) is 15.2. The smallest absolute Gasteiger partial charge is 0.223 e. The summed E-state index contributed by atoms with van der Waals surface area (Å²) in [5.74, 6) is 0.0233. The third kappa shape index (κ3) is 4.71. The summed E-state index contributed by atoms with van der Waals surface area (Å²) in [6, 6.07) is 13.3. The molecule has 1 atom stereocenters. The molecule has 6 heteroatoms. The molecule has 27 heavy (non-hydrogen) atoms. The minimum Gasteiger partial charge on any atom is -0.497 e. The van der Waals surface area contributed by atoms with Gasteiger partial charge in [0.05, 0.1) is 20.3 Å². The lowest BCUT2D eigenvalue weighted by Crippen LogP contribution is -2.42. The Balaban J connectivity index is 1.57. The number of carbonyl (C=O) groups is 2. The van der Waals surface area contributed by atoms with E-state index in [1.807, 2.05) is 0 Å². The number of Topliss-reactive ketones (excluding diaryl/α,β-unsaturated/α-hetero) is 1. The predicted octanol–water partition coefficient (Wildman–Crippen LogP) is 3.40. The first kappa shape index (κ1) is 19.0. The molecular weight excluding hydrogens is 349 g/mol. The summed E-state index contributed by atoms with van der Waals surface area (Å²) in [4.78, 5) is 26.5. The fourth-order valence-electron chi connectivity index (χ4n) is 3.12. The van der Waals surface area contributed by atoms with Gasteiger partial charge in [0, 0.05) is 30.5 Å². The van der Waals surface area contributed by atoms with E-state index in [0.29, 0.717) is 30.0 Å². The highest BCUT2D eigenvalue weighted by molar-refractivity contribution is 5.98. The van der Waals surface area contributed by atoms with Gasteiger partial charge >= 0.3 is 0 Å². The number of ether oxygens (including phenoxy) is 2. The van der Waals surface area contributed by atoms with Crippen LogP contribution in [-0.2, 0) is 9.53 Å². The monoisotopic (exact) mass is 371 g/mol. The van der Waals surface area contributed by atoms with Gasteiger partial charge in [-0.25, -0.2) is 4.39 Å². The number of nitrogens with zero attached hydrogens (tertiary/aromatic N) is 1. The van der Waals surface area contributed by atoms with Crippen molar-refractivity contribution in [2.75, 3.05) is 26.8 Å². The predicted molar refractivity (Wildman–Crippen MR) is 98.2 cm³/mol. The molecule has 0 aromatic heterocycles. The molecule has 1 saturated heterocycles. The van der Waals surface area contributed by atoms with Crippen molar-refractivity contribution < 1.29 is 23.5 Å². The van der Waals surface area contributed by atoms with Gasteiger partial charge in [-0.2, -0.15) is 0 Å². The lowest BCUT2D eigenvalue weighted by molar-refractivity contribution is -0.139. The van der Waals surface area contributed by atoms with E-state index in [1.165, 1.54) is 13.2 Å². The lowest BCUT2D eigenvalue weighted by atomic mass is 10.0. The summed E-state index contributed by atoms with van der Waals surface area (Å²) in [5.41, 5.74) is 0.968. The highest BCUT2D eigenvalue weighted by Crippen LogP contribution is 2.25. The topological polar surface area (TPSA) is 55.8 Å². The van der Waals surface area contributed by atoms with Gasteiger partial charge in [-0.15, -0.1) is 0 Å². The fourth-order valence-corrected chi connectivity index (χ4v) is 3.12. The first-order valence-corrected chi connectivity index (χ1v) is 8.89. The summed E-state index contributed by atoms with van der Waals surface area (Å²) in [6.45, 7) is 1.07. The normalized spacial score (nSPS) is 16.8. The standard InChI is InChI=1S/C21H22FNO4/c1-26-16-6-4-5-15(13-16)19(24)9-10-21(25)23-11-12-27-20(14-23)17-7-2-3-8-18(17)22/h2-8,13,20H,9-12,14H2,1H3. The third-order valence-electron chi connectivity index (χ3n) is 4.63. The van der Waals surface area contributed by atoms with Gasteiger partial charge in [0.2, 0.25) is 5.91 Å². The number of carbonyl (C=O) groups excluding carboxylic acids is 2. The molecule has 0 saturated carbocycles. The minimum absolute atomic E-state index is 0.110. The van der Waals surface area contributed by atoms with Crippen molar-refractivity contribution in [3.63, 3.8) is 0 Å². The largest absolute Gasteiger partial charge is 0.497 e. The Labute approximate surface area is 157 Å². The van der Waals surface area contributed by atoms with Crippen LogP contribution in [0.5, 0.6) is 5.75 Å². The molecule has 1 heterocycles. The van der Waals surface area contributed by atoms with Crippen LogP contribution in [0.2, 0.25) is 0 Å². The highest BCUT2D eigenvalue weighted by Gasteiger charge is 2.27. The van der Waals surface area contributed by atoms with E-state index in [-0.39, 0.29) is 36.9 Å². The van der Waals surface area contributed by atoms with Crippen molar-refractivity contribution in [2.45, 2.75) is 18.9 Å². The zero-order chi connectivity index (χ0) is 19.2. The zero-order valence-electron chi connectivity index (χ0n) is 15.2. The molecule has 142 valence electrons. The summed E-state index contributed by atoms with van der Waals surface area (Å²) in [7, 11) is 1.54. The molecule has 1 fully saturated rings. The first-order valence-electron chi connectivity index (χ1n) is 8.89. The number of rotatable bonds is 6. The van der Waals surface area contributed by atoms with Crippen LogP contribution in [0, 0.1) is 5.82 Å². The van der Waals surface area contributed by atoms with E-state index in [4.69, 9.17) is 9.47 Å². The van der Waals surface area contributed by atoms with Crippen molar-refractivity contribution in [3.8, 4) is 5.75 Å². The van der Waals surface area contributed by atoms with Crippen LogP contribution in [-0.4, -0.2) is 43.4 Å². The van der Waals surface area contributed by atoms with Gasteiger partial charge in [0.25, 0.3) is 0 Å². The van der Waals surface area contributed by atoms with Crippen LogP contribution in [0.15, 0.2) is 48.5 Å². The van der Waals surface area contributed by atoms with Gasteiger partial charge in [-0.05, 0) is 18.2 Å². The summed E-state index contributed by atoms with van der Waals surface area (Å²) in [6.07, 6.45) is -0.258. The van der Waals surface area contributed by atoms with Crippen LogP contribution in [0.25, 0.3) is 0 Å². The van der Waals surface area contributed by atoms with E-state index in [2.05, 4.69) is 0 Å². The number of ketones is 1. The Bertz CT molecular complexity index is 823. The first-order chi connectivity index (χ1) is 13.1. The number of benzene rings is 2. The molecule has 0 spiro atoms. The van der Waals surface area contributed by atoms with E-state index in [9.17, 15) is 14.0 Å². The maximum Gasteiger partial charge on any atom is 0.223 e. The van der Waals surface area contributed by atoms with E-state index < -0.39 is 6.10 Å². The Morgan fingerprint density at radius 1 is 1.19 bits per heavy atom. The highest BCUT2D eigenvalue weighted by atomic mass is 19.1. The van der Waals surface area contributed by atoms with Crippen molar-refractivity contribution in [1.82, 2.24) is 4.90 Å². The summed E-state index contributed by atoms with van der Waals surface area (Å²) in [5, 5.41) is 0. The molecule has 0 radical (unpaired) electrons. The molecule has 1 unspecified atom stereocenters. The summed E-state index contributed by atoms with van der Waals surface area (Å²) < 4.78 is 24.7. The number of hydrogen-bond donors (Lipinski definition) is 0. The minimum atomic E-state index is -0.488. The molecule has 2 aromatic carbocycles. The Kier molecular flexibility index (Phi) is 6.19. The fraction of sp³-hybridized carbons (Fsp3) is 0.333. The molecule has 1 aliphatic heterocycles.